The largest absolute Gasteiger partial charge is 0.327 e. The van der Waals surface area contributed by atoms with E-state index in [9.17, 15) is 0 Å². The lowest BCUT2D eigenvalue weighted by Crippen LogP contribution is -2.48. The molecule has 1 aliphatic carbocycles. The first-order chi connectivity index (χ1) is 10.3. The van der Waals surface area contributed by atoms with Crippen LogP contribution in [-0.2, 0) is 11.8 Å². The summed E-state index contributed by atoms with van der Waals surface area (Å²) in [5, 5.41) is 0. The SMILES string of the molecule is NC(Cc1ccncc1)C1(c2ccccc2)CCCCC1. The fourth-order valence-electron chi connectivity index (χ4n) is 3.79. The van der Waals surface area contributed by atoms with Crippen LogP contribution in [0.4, 0.5) is 0 Å². The second-order valence-corrected chi connectivity index (χ2v) is 6.25. The van der Waals surface area contributed by atoms with Gasteiger partial charge >= 0.3 is 0 Å². The molecule has 1 atom stereocenters. The Kier molecular flexibility index (Phi) is 4.35. The highest BCUT2D eigenvalue weighted by atomic mass is 14.7. The Morgan fingerprint density at radius 3 is 2.29 bits per heavy atom. The summed E-state index contributed by atoms with van der Waals surface area (Å²) < 4.78 is 0. The van der Waals surface area contributed by atoms with Crippen LogP contribution in [0, 0.1) is 0 Å². The second kappa shape index (κ2) is 6.40. The summed E-state index contributed by atoms with van der Waals surface area (Å²) >= 11 is 0. The molecule has 1 fully saturated rings. The number of aromatic nitrogens is 1. The monoisotopic (exact) mass is 280 g/mol. The first-order valence-corrected chi connectivity index (χ1v) is 8.01. The lowest BCUT2D eigenvalue weighted by molar-refractivity contribution is 0.241. The maximum Gasteiger partial charge on any atom is 0.0270 e. The Morgan fingerprint density at radius 1 is 0.952 bits per heavy atom. The van der Waals surface area contributed by atoms with Crippen LogP contribution in [-0.4, -0.2) is 11.0 Å². The molecule has 0 bridgehead atoms. The van der Waals surface area contributed by atoms with E-state index in [1.54, 1.807) is 0 Å². The predicted molar refractivity (Wildman–Crippen MR) is 87.1 cm³/mol. The fourth-order valence-corrected chi connectivity index (χ4v) is 3.79. The predicted octanol–water partition coefficient (Wildman–Crippen LogP) is 3.85. The molecule has 2 heteroatoms. The third-order valence-corrected chi connectivity index (χ3v) is 5.01. The van der Waals surface area contributed by atoms with E-state index in [1.165, 1.54) is 43.2 Å². The van der Waals surface area contributed by atoms with Crippen molar-refractivity contribution in [2.24, 2.45) is 5.73 Å². The molecule has 1 aromatic carbocycles. The maximum atomic E-state index is 6.73. The Bertz CT molecular complexity index is 544. The molecule has 0 saturated heterocycles. The average Bonchev–Trinajstić information content (AvgIpc) is 2.57. The van der Waals surface area contributed by atoms with Crippen molar-refractivity contribution in [1.82, 2.24) is 4.98 Å². The zero-order chi connectivity index (χ0) is 14.5. The van der Waals surface area contributed by atoms with E-state index < -0.39 is 0 Å². The van der Waals surface area contributed by atoms with Crippen LogP contribution in [0.25, 0.3) is 0 Å². The first-order valence-electron chi connectivity index (χ1n) is 8.01. The van der Waals surface area contributed by atoms with Crippen LogP contribution in [0.3, 0.4) is 0 Å². The van der Waals surface area contributed by atoms with Gasteiger partial charge in [0.25, 0.3) is 0 Å². The molecule has 0 spiro atoms. The van der Waals surface area contributed by atoms with Gasteiger partial charge in [-0.05, 0) is 42.5 Å². The minimum Gasteiger partial charge on any atom is -0.327 e. The highest BCUT2D eigenvalue weighted by molar-refractivity contribution is 5.29. The summed E-state index contributed by atoms with van der Waals surface area (Å²) in [7, 11) is 0. The van der Waals surface area contributed by atoms with E-state index in [0.717, 1.165) is 6.42 Å². The molecule has 1 aliphatic rings. The van der Waals surface area contributed by atoms with Crippen molar-refractivity contribution in [2.75, 3.05) is 0 Å². The highest BCUT2D eigenvalue weighted by Gasteiger charge is 2.39. The topological polar surface area (TPSA) is 38.9 Å². The van der Waals surface area contributed by atoms with Gasteiger partial charge in [-0.1, -0.05) is 49.6 Å². The maximum absolute atomic E-state index is 6.73. The fraction of sp³-hybridized carbons (Fsp3) is 0.421. The number of benzene rings is 1. The molecule has 110 valence electrons. The molecule has 2 aromatic rings. The van der Waals surface area contributed by atoms with Gasteiger partial charge in [0.05, 0.1) is 0 Å². The van der Waals surface area contributed by atoms with Crippen molar-refractivity contribution >= 4 is 0 Å². The van der Waals surface area contributed by atoms with Crippen LogP contribution < -0.4 is 5.73 Å². The third-order valence-electron chi connectivity index (χ3n) is 5.01. The molecule has 2 nitrogen and oxygen atoms in total. The van der Waals surface area contributed by atoms with E-state index in [1.807, 2.05) is 12.4 Å². The molecule has 0 aliphatic heterocycles. The summed E-state index contributed by atoms with van der Waals surface area (Å²) in [5.74, 6) is 0. The molecule has 3 rings (SSSR count). The van der Waals surface area contributed by atoms with Crippen LogP contribution in [0.2, 0.25) is 0 Å². The number of rotatable bonds is 4. The molecule has 2 N–H and O–H groups in total. The summed E-state index contributed by atoms with van der Waals surface area (Å²) in [6.07, 6.45) is 11.0. The number of nitrogens with zero attached hydrogens (tertiary/aromatic N) is 1. The molecule has 1 aromatic heterocycles. The van der Waals surface area contributed by atoms with E-state index in [2.05, 4.69) is 47.4 Å². The Labute approximate surface area is 127 Å². The zero-order valence-corrected chi connectivity index (χ0v) is 12.5. The lowest BCUT2D eigenvalue weighted by atomic mass is 9.64. The number of nitrogens with two attached hydrogens (primary N) is 1. The standard InChI is InChI=1S/C19H24N2/c20-18(15-16-9-13-21-14-10-16)19(11-5-2-6-12-19)17-7-3-1-4-8-17/h1,3-4,7-10,13-14,18H,2,5-6,11-12,15,20H2. The molecule has 1 unspecified atom stereocenters. The Balaban J connectivity index is 1.88. The van der Waals surface area contributed by atoms with Crippen molar-refractivity contribution in [3.05, 3.63) is 66.0 Å². The van der Waals surface area contributed by atoms with Gasteiger partial charge < -0.3 is 5.73 Å². The smallest absolute Gasteiger partial charge is 0.0270 e. The first kappa shape index (κ1) is 14.3. The molecule has 21 heavy (non-hydrogen) atoms. The summed E-state index contributed by atoms with van der Waals surface area (Å²) in [4.78, 5) is 4.10. The average molecular weight is 280 g/mol. The minimum atomic E-state index is 0.142. The van der Waals surface area contributed by atoms with E-state index in [-0.39, 0.29) is 11.5 Å². The molecule has 0 radical (unpaired) electrons. The quantitative estimate of drug-likeness (QED) is 0.923. The van der Waals surface area contributed by atoms with Gasteiger partial charge in [0, 0.05) is 23.9 Å². The van der Waals surface area contributed by atoms with Crippen molar-refractivity contribution in [3.63, 3.8) is 0 Å². The number of pyridine rings is 1. The van der Waals surface area contributed by atoms with E-state index in [4.69, 9.17) is 5.73 Å². The Hall–Kier alpha value is -1.67. The van der Waals surface area contributed by atoms with Crippen molar-refractivity contribution in [1.29, 1.82) is 0 Å². The summed E-state index contributed by atoms with van der Waals surface area (Å²) in [6.45, 7) is 0. The minimum absolute atomic E-state index is 0.142. The normalized spacial score (nSPS) is 19.1. The summed E-state index contributed by atoms with van der Waals surface area (Å²) in [6, 6.07) is 15.2. The van der Waals surface area contributed by atoms with Crippen molar-refractivity contribution in [3.8, 4) is 0 Å². The van der Waals surface area contributed by atoms with Gasteiger partial charge in [0.2, 0.25) is 0 Å². The van der Waals surface area contributed by atoms with Crippen molar-refractivity contribution in [2.45, 2.75) is 50.0 Å². The second-order valence-electron chi connectivity index (χ2n) is 6.25. The summed E-state index contributed by atoms with van der Waals surface area (Å²) in [5.41, 5.74) is 9.58. The molecular weight excluding hydrogens is 256 g/mol. The van der Waals surface area contributed by atoms with Crippen LogP contribution in [0.15, 0.2) is 54.9 Å². The van der Waals surface area contributed by atoms with Crippen LogP contribution in [0.5, 0.6) is 0 Å². The molecule has 0 amide bonds. The van der Waals surface area contributed by atoms with Crippen LogP contribution >= 0.6 is 0 Å². The Morgan fingerprint density at radius 2 is 1.62 bits per heavy atom. The number of hydrogen-bond acceptors (Lipinski definition) is 2. The van der Waals surface area contributed by atoms with Gasteiger partial charge in [0.15, 0.2) is 0 Å². The molecule has 1 heterocycles. The van der Waals surface area contributed by atoms with E-state index in [0.29, 0.717) is 0 Å². The molecular formula is C19H24N2. The third kappa shape index (κ3) is 3.01. The number of hydrogen-bond donors (Lipinski definition) is 1. The van der Waals surface area contributed by atoms with Gasteiger partial charge in [-0.2, -0.15) is 0 Å². The highest BCUT2D eigenvalue weighted by Crippen LogP contribution is 2.42. The van der Waals surface area contributed by atoms with E-state index >= 15 is 0 Å². The van der Waals surface area contributed by atoms with Gasteiger partial charge in [-0.3, -0.25) is 4.98 Å². The molecule has 1 saturated carbocycles. The zero-order valence-electron chi connectivity index (χ0n) is 12.5. The van der Waals surface area contributed by atoms with Gasteiger partial charge in [-0.25, -0.2) is 0 Å². The van der Waals surface area contributed by atoms with Gasteiger partial charge in [0.1, 0.15) is 0 Å². The van der Waals surface area contributed by atoms with Crippen molar-refractivity contribution < 1.29 is 0 Å². The lowest BCUT2D eigenvalue weighted by Gasteiger charge is -2.43. The van der Waals surface area contributed by atoms with Crippen LogP contribution in [0.1, 0.15) is 43.2 Å². The van der Waals surface area contributed by atoms with Gasteiger partial charge in [-0.15, -0.1) is 0 Å².